The lowest BCUT2D eigenvalue weighted by Crippen LogP contribution is -2.58. The maximum atomic E-state index is 14.3. The third kappa shape index (κ3) is 14.0. The van der Waals surface area contributed by atoms with Crippen LogP contribution in [0.25, 0.3) is 0 Å². The van der Waals surface area contributed by atoms with Gasteiger partial charge in [-0.25, -0.2) is 0 Å². The van der Waals surface area contributed by atoms with Gasteiger partial charge in [0.1, 0.15) is 71.8 Å². The summed E-state index contributed by atoms with van der Waals surface area (Å²) in [5.74, 6) is -3.26. The minimum Gasteiger partial charge on any atom is -0.507 e. The predicted molar refractivity (Wildman–Crippen MR) is 337 cm³/mol. The van der Waals surface area contributed by atoms with Crippen LogP contribution < -0.4 is 20.1 Å². The van der Waals surface area contributed by atoms with Crippen LogP contribution in [-0.2, 0) is 104 Å². The van der Waals surface area contributed by atoms with E-state index in [0.717, 1.165) is 44.5 Å². The summed E-state index contributed by atoms with van der Waals surface area (Å²) in [6, 6.07) is 16.8. The van der Waals surface area contributed by atoms with Gasteiger partial charge in [-0.05, 0) is 144 Å². The normalized spacial score (nSPS) is 28.1. The molecule has 0 aromatic heterocycles. The predicted octanol–water partition coefficient (Wildman–Crippen LogP) is 10.7. The third-order valence-corrected chi connectivity index (χ3v) is 18.2. The van der Waals surface area contributed by atoms with Crippen molar-refractivity contribution in [3.8, 4) is 23.0 Å². The lowest BCUT2D eigenvalue weighted by molar-refractivity contribution is -0.232. The average molecular weight is 1250 g/mol. The van der Waals surface area contributed by atoms with Crippen molar-refractivity contribution in [1.29, 1.82) is 0 Å². The van der Waals surface area contributed by atoms with Crippen molar-refractivity contribution in [2.45, 2.75) is 270 Å². The largest absolute Gasteiger partial charge is 0.507 e. The second-order valence-corrected chi connectivity index (χ2v) is 31.8. The number of benzene rings is 4. The van der Waals surface area contributed by atoms with E-state index in [2.05, 4.69) is 142 Å². The van der Waals surface area contributed by atoms with Crippen molar-refractivity contribution in [2.24, 2.45) is 0 Å². The van der Waals surface area contributed by atoms with Crippen molar-refractivity contribution in [2.75, 3.05) is 26.3 Å². The summed E-state index contributed by atoms with van der Waals surface area (Å²) in [7, 11) is 0. The Hall–Kier alpha value is -5.38. The Labute approximate surface area is 531 Å². The van der Waals surface area contributed by atoms with Crippen LogP contribution in [0.4, 0.5) is 0 Å². The van der Waals surface area contributed by atoms with E-state index in [0.29, 0.717) is 33.8 Å². The molecule has 492 valence electrons. The number of fused-ring (bicyclic) bond motifs is 14. The molecular weight excluding hydrogens is 1150 g/mol. The molecule has 18 nitrogen and oxygen atoms in total. The number of phenols is 2. The summed E-state index contributed by atoms with van der Waals surface area (Å²) in [5.41, 5.74) is 8.24. The summed E-state index contributed by atoms with van der Waals surface area (Å²) < 4.78 is 76.8. The molecule has 4 N–H and O–H groups in total. The number of carbonyl (C=O) groups excluding carboxylic acids is 2. The molecule has 0 spiro atoms. The number of rotatable bonds is 10. The first-order valence-electron chi connectivity index (χ1n) is 32.1. The molecule has 4 aromatic carbocycles. The number of hydrogen-bond acceptors (Lipinski definition) is 16. The molecule has 4 aromatic rings. The summed E-state index contributed by atoms with van der Waals surface area (Å²) in [6.45, 7) is 40.0. The minimum absolute atomic E-state index is 0.0811. The van der Waals surface area contributed by atoms with E-state index >= 15 is 0 Å². The number of hydrogen-bond donors (Lipinski definition) is 4. The molecule has 11 rings (SSSR count). The van der Waals surface area contributed by atoms with E-state index < -0.39 is 96.4 Å². The third-order valence-electron chi connectivity index (χ3n) is 18.2. The highest BCUT2D eigenvalue weighted by atomic mass is 16.9. The summed E-state index contributed by atoms with van der Waals surface area (Å²) in [4.78, 5) is 28.7. The van der Waals surface area contributed by atoms with Gasteiger partial charge in [0.05, 0.1) is 0 Å². The fourth-order valence-electron chi connectivity index (χ4n) is 13.5. The van der Waals surface area contributed by atoms with Gasteiger partial charge in [0.25, 0.3) is 11.8 Å². The molecule has 18 heteroatoms. The lowest BCUT2D eigenvalue weighted by atomic mass is 9.79. The average Bonchev–Trinajstić information content (AvgIpc) is 1.55. The zero-order chi connectivity index (χ0) is 65.4. The van der Waals surface area contributed by atoms with Crippen LogP contribution in [0.1, 0.15) is 205 Å². The van der Waals surface area contributed by atoms with Gasteiger partial charge in [-0.1, -0.05) is 132 Å². The van der Waals surface area contributed by atoms with Crippen LogP contribution in [-0.4, -0.2) is 133 Å². The SMILES string of the molecule is CC1(C)O[C@H]2[C@@H](O1)[C@@H](CNC(=O)COc1c3cc(C(C)(C)C)cc1Cc1cc(C(C)(C)C)cc(c1O)Cc1cc(C(C)(C)C)cc(c1OCC(=O)NC[C@H]1O[C@@H]4OC(C)(C)O[C@@H]4[C@H]4OC(C)(C)O[C@H]41)Cc1cc(C(C)(C)C)cc(c1O)C3)O[C@@H]1OC(C)(C)O[C@@H]12. The molecule has 6 saturated heterocycles. The monoisotopic (exact) mass is 1250 g/mol. The highest BCUT2D eigenvalue weighted by molar-refractivity contribution is 5.78. The lowest BCUT2D eigenvalue weighted by Gasteiger charge is -2.37. The topological polar surface area (TPSA) is 209 Å². The Morgan fingerprint density at radius 1 is 0.400 bits per heavy atom. The van der Waals surface area contributed by atoms with Gasteiger partial charge in [-0.3, -0.25) is 9.59 Å². The van der Waals surface area contributed by atoms with E-state index in [4.69, 9.17) is 56.8 Å². The first-order valence-corrected chi connectivity index (χ1v) is 32.1. The quantitative estimate of drug-likeness (QED) is 0.102. The zero-order valence-electron chi connectivity index (χ0n) is 56.7. The standard InChI is InChI=1S/C72H98N2O16/c1-65(2,3)45-25-37-21-41-29-47(67(7,8)9)31-43(55(41)79-35-51(75)73-33-49-57-59(85-69(13,14)83-57)61-63(81-49)89-71(17,18)87-61)23-39-27-46(66(4,5)6)28-40(54(39)78)24-44-32-48(68(10,11)12)30-42(22-38(26-45)53(37)77)56(44)80-36-52(76)74-34-50-58-60(86-70(15,16)84-58)62-64(82-50)90-72(19,20)88-62/h25-32,49-50,57-64,77-78H,21-24,33-36H2,1-20H3,(H,73,75)(H,74,76)/t49-,50-,57+,58+,59+,60+,61-,62-,63-,64-/m1/s1. The van der Waals surface area contributed by atoms with Crippen LogP contribution in [0, 0.1) is 0 Å². The molecule has 10 atom stereocenters. The Kier molecular flexibility index (Phi) is 17.1. The Balaban J connectivity index is 0.965. The number of amides is 2. The van der Waals surface area contributed by atoms with Crippen LogP contribution in [0.15, 0.2) is 48.5 Å². The molecule has 0 radical (unpaired) electrons. The smallest absolute Gasteiger partial charge is 0.258 e. The number of nitrogens with one attached hydrogen (secondary N) is 2. The summed E-state index contributed by atoms with van der Waals surface area (Å²) >= 11 is 0. The molecule has 6 fully saturated rings. The molecule has 6 heterocycles. The molecule has 2 amide bonds. The molecule has 1 aliphatic carbocycles. The van der Waals surface area contributed by atoms with Crippen molar-refractivity contribution in [3.63, 3.8) is 0 Å². The van der Waals surface area contributed by atoms with Gasteiger partial charge in [0.15, 0.2) is 48.9 Å². The Bertz CT molecular complexity index is 3090. The van der Waals surface area contributed by atoms with Crippen LogP contribution in [0.2, 0.25) is 0 Å². The number of aromatic hydroxyl groups is 2. The van der Waals surface area contributed by atoms with E-state index in [-0.39, 0.29) is 85.1 Å². The number of ether oxygens (including phenoxy) is 12. The molecule has 0 unspecified atom stereocenters. The van der Waals surface area contributed by atoms with E-state index in [1.54, 1.807) is 0 Å². The maximum Gasteiger partial charge on any atom is 0.258 e. The Morgan fingerprint density at radius 3 is 0.922 bits per heavy atom. The van der Waals surface area contributed by atoms with Gasteiger partial charge < -0.3 is 77.7 Å². The van der Waals surface area contributed by atoms with Gasteiger partial charge >= 0.3 is 0 Å². The van der Waals surface area contributed by atoms with Gasteiger partial charge in [0.2, 0.25) is 0 Å². The van der Waals surface area contributed by atoms with Crippen LogP contribution in [0.3, 0.4) is 0 Å². The Morgan fingerprint density at radius 2 is 0.644 bits per heavy atom. The fourth-order valence-corrected chi connectivity index (χ4v) is 13.5. The van der Waals surface area contributed by atoms with Crippen molar-refractivity contribution in [1.82, 2.24) is 10.6 Å². The van der Waals surface area contributed by atoms with Crippen LogP contribution >= 0.6 is 0 Å². The van der Waals surface area contributed by atoms with Gasteiger partial charge in [-0.15, -0.1) is 0 Å². The van der Waals surface area contributed by atoms with Crippen molar-refractivity contribution in [3.05, 3.63) is 115 Å². The van der Waals surface area contributed by atoms with E-state index in [9.17, 15) is 19.8 Å². The molecular formula is C72H98N2O16. The van der Waals surface area contributed by atoms with Gasteiger partial charge in [0, 0.05) is 38.8 Å². The minimum atomic E-state index is -0.915. The number of carbonyl (C=O) groups is 2. The molecule has 6 aliphatic heterocycles. The van der Waals surface area contributed by atoms with Crippen LogP contribution in [0.5, 0.6) is 23.0 Å². The molecule has 0 saturated carbocycles. The highest BCUT2D eigenvalue weighted by Gasteiger charge is 2.62. The summed E-state index contributed by atoms with van der Waals surface area (Å²) in [6.07, 6.45) is -4.93. The second-order valence-electron chi connectivity index (χ2n) is 31.8. The van der Waals surface area contributed by atoms with Crippen molar-refractivity contribution < 1.29 is 76.6 Å². The maximum absolute atomic E-state index is 14.3. The fraction of sp³-hybridized carbons (Fsp3) is 0.639. The van der Waals surface area contributed by atoms with Crippen molar-refractivity contribution >= 4 is 11.8 Å². The second kappa shape index (κ2) is 23.3. The first-order chi connectivity index (χ1) is 41.6. The number of phenolic OH excluding ortho intramolecular Hbond substituents is 2. The molecule has 8 bridgehead atoms. The van der Waals surface area contributed by atoms with E-state index in [1.807, 2.05) is 55.4 Å². The zero-order valence-corrected chi connectivity index (χ0v) is 56.7. The molecule has 7 aliphatic rings. The molecule has 90 heavy (non-hydrogen) atoms. The summed E-state index contributed by atoms with van der Waals surface area (Å²) in [5, 5.41) is 32.0. The highest BCUT2D eigenvalue weighted by Crippen LogP contribution is 2.48. The van der Waals surface area contributed by atoms with Gasteiger partial charge in [-0.2, -0.15) is 0 Å². The van der Waals surface area contributed by atoms with E-state index in [1.165, 1.54) is 0 Å². The first kappa shape index (κ1) is 66.1.